The molecule has 6 heteroatoms. The zero-order valence-corrected chi connectivity index (χ0v) is 8.62. The highest BCUT2D eigenvalue weighted by atomic mass is 35.5. The third-order valence-electron chi connectivity index (χ3n) is 1.40. The van der Waals surface area contributed by atoms with Crippen LogP contribution in [0.15, 0.2) is 11.1 Å². The monoisotopic (exact) mass is 220 g/mol. The van der Waals surface area contributed by atoms with Crippen molar-refractivity contribution in [2.24, 2.45) is 5.73 Å². The summed E-state index contributed by atoms with van der Waals surface area (Å²) in [6.45, 7) is 1.74. The van der Waals surface area contributed by atoms with E-state index in [1.165, 1.54) is 10.4 Å². The van der Waals surface area contributed by atoms with Crippen LogP contribution in [0, 0.1) is 0 Å². The average molecular weight is 221 g/mol. The number of primary amides is 1. The van der Waals surface area contributed by atoms with Gasteiger partial charge in [0.15, 0.2) is 0 Å². The van der Waals surface area contributed by atoms with E-state index in [0.29, 0.717) is 6.54 Å². The first-order chi connectivity index (χ1) is 6.45. The lowest BCUT2D eigenvalue weighted by atomic mass is 10.3. The second-order valence-corrected chi connectivity index (χ2v) is 3.18. The average Bonchev–Trinajstić information content (AvgIpc) is 2.01. The summed E-state index contributed by atoms with van der Waals surface area (Å²) in [5.41, 5.74) is 7.08. The van der Waals surface area contributed by atoms with E-state index in [0.717, 1.165) is 5.57 Å². The molecule has 0 saturated carbocycles. The lowest BCUT2D eigenvalue weighted by Gasteiger charge is -2.18. The van der Waals surface area contributed by atoms with Crippen LogP contribution in [0.1, 0.15) is 6.92 Å². The smallest absolute Gasteiger partial charge is 0.317 e. The summed E-state index contributed by atoms with van der Waals surface area (Å²) in [5, 5.41) is 8.54. The normalized spacial score (nSPS) is 11.8. The van der Waals surface area contributed by atoms with E-state index in [-0.39, 0.29) is 13.1 Å². The fourth-order valence-electron chi connectivity index (χ4n) is 0.967. The molecule has 0 atom stereocenters. The Morgan fingerprint density at radius 1 is 1.43 bits per heavy atom. The Hall–Kier alpha value is -1.07. The van der Waals surface area contributed by atoms with Crippen molar-refractivity contribution in [3.05, 3.63) is 11.1 Å². The van der Waals surface area contributed by atoms with Gasteiger partial charge in [0.05, 0.1) is 13.1 Å². The van der Waals surface area contributed by atoms with E-state index < -0.39 is 11.9 Å². The van der Waals surface area contributed by atoms with E-state index in [1.807, 2.05) is 0 Å². The van der Waals surface area contributed by atoms with Crippen molar-refractivity contribution >= 4 is 23.5 Å². The van der Waals surface area contributed by atoms with Crippen LogP contribution in [0.25, 0.3) is 0 Å². The summed E-state index contributed by atoms with van der Waals surface area (Å²) in [5.74, 6) is -1.57. The lowest BCUT2D eigenvalue weighted by Crippen LogP contribution is -2.38. The molecule has 80 valence electrons. The highest BCUT2D eigenvalue weighted by Crippen LogP contribution is 1.99. The number of nitrogens with two attached hydrogens (primary N) is 1. The number of hydrogen-bond acceptors (Lipinski definition) is 3. The third kappa shape index (κ3) is 6.45. The molecule has 0 rings (SSSR count). The number of hydrogen-bond donors (Lipinski definition) is 2. The minimum atomic E-state index is -1.01. The molecular formula is C8H13ClN2O3. The van der Waals surface area contributed by atoms with E-state index in [4.69, 9.17) is 22.4 Å². The minimum absolute atomic E-state index is 0.0889. The molecule has 0 unspecified atom stereocenters. The van der Waals surface area contributed by atoms with E-state index in [1.54, 1.807) is 6.92 Å². The molecule has 14 heavy (non-hydrogen) atoms. The van der Waals surface area contributed by atoms with Crippen LogP contribution in [0.4, 0.5) is 0 Å². The van der Waals surface area contributed by atoms with Crippen LogP contribution in [0.3, 0.4) is 0 Å². The predicted molar refractivity (Wildman–Crippen MR) is 52.9 cm³/mol. The van der Waals surface area contributed by atoms with Gasteiger partial charge in [0.2, 0.25) is 5.91 Å². The van der Waals surface area contributed by atoms with Crippen molar-refractivity contribution in [3.8, 4) is 0 Å². The van der Waals surface area contributed by atoms with Gasteiger partial charge in [0.25, 0.3) is 0 Å². The summed E-state index contributed by atoms with van der Waals surface area (Å²) in [6.07, 6.45) is 0. The standard InChI is InChI=1S/C8H13ClN2O3/c1-6(2-9)3-11(4-7(10)12)5-8(13)14/h2H,3-5H2,1H3,(H2,10,12)(H,13,14). The van der Waals surface area contributed by atoms with Crippen molar-refractivity contribution in [3.63, 3.8) is 0 Å². The largest absolute Gasteiger partial charge is 0.480 e. The first-order valence-electron chi connectivity index (χ1n) is 3.94. The number of halogens is 1. The molecule has 3 N–H and O–H groups in total. The van der Waals surface area contributed by atoms with Gasteiger partial charge in [0, 0.05) is 12.1 Å². The number of carbonyl (C=O) groups is 2. The lowest BCUT2D eigenvalue weighted by molar-refractivity contribution is -0.138. The maximum Gasteiger partial charge on any atom is 0.317 e. The van der Waals surface area contributed by atoms with Gasteiger partial charge in [-0.1, -0.05) is 11.6 Å². The van der Waals surface area contributed by atoms with Gasteiger partial charge in [0.1, 0.15) is 0 Å². The number of carboxylic acids is 1. The van der Waals surface area contributed by atoms with Crippen LogP contribution in [-0.2, 0) is 9.59 Å². The Labute approximate surface area is 87.1 Å². The van der Waals surface area contributed by atoms with Crippen LogP contribution >= 0.6 is 11.6 Å². The van der Waals surface area contributed by atoms with E-state index in [9.17, 15) is 9.59 Å². The Balaban J connectivity index is 4.24. The van der Waals surface area contributed by atoms with E-state index in [2.05, 4.69) is 0 Å². The molecule has 0 radical (unpaired) electrons. The molecule has 0 bridgehead atoms. The molecule has 0 heterocycles. The first-order valence-corrected chi connectivity index (χ1v) is 4.37. The molecule has 0 aliphatic rings. The SMILES string of the molecule is CC(=CCl)CN(CC(N)=O)CC(=O)O. The van der Waals surface area contributed by atoms with Crippen molar-refractivity contribution < 1.29 is 14.7 Å². The van der Waals surface area contributed by atoms with Gasteiger partial charge in [-0.15, -0.1) is 0 Å². The maximum absolute atomic E-state index is 10.6. The topological polar surface area (TPSA) is 83.6 Å². The molecule has 0 aromatic carbocycles. The number of aliphatic carboxylic acids is 1. The summed E-state index contributed by atoms with van der Waals surface area (Å²) in [4.78, 5) is 22.4. The summed E-state index contributed by atoms with van der Waals surface area (Å²) in [7, 11) is 0. The fourth-order valence-corrected chi connectivity index (χ4v) is 1.04. The van der Waals surface area contributed by atoms with Crippen LogP contribution in [-0.4, -0.2) is 41.5 Å². The minimum Gasteiger partial charge on any atom is -0.480 e. The molecule has 1 amide bonds. The maximum atomic E-state index is 10.6. The summed E-state index contributed by atoms with van der Waals surface area (Å²) in [6, 6.07) is 0. The van der Waals surface area contributed by atoms with Crippen molar-refractivity contribution in [1.29, 1.82) is 0 Å². The Morgan fingerprint density at radius 2 is 2.00 bits per heavy atom. The number of amides is 1. The second-order valence-electron chi connectivity index (χ2n) is 2.96. The molecule has 5 nitrogen and oxygen atoms in total. The number of nitrogens with zero attached hydrogens (tertiary/aromatic N) is 1. The molecule has 0 aliphatic carbocycles. The summed E-state index contributed by atoms with van der Waals surface area (Å²) >= 11 is 5.42. The van der Waals surface area contributed by atoms with Crippen molar-refractivity contribution in [2.45, 2.75) is 6.92 Å². The molecule has 0 saturated heterocycles. The van der Waals surface area contributed by atoms with Gasteiger partial charge in [-0.3, -0.25) is 14.5 Å². The van der Waals surface area contributed by atoms with Crippen LogP contribution < -0.4 is 5.73 Å². The van der Waals surface area contributed by atoms with Gasteiger partial charge in [-0.05, 0) is 12.5 Å². The first kappa shape index (κ1) is 12.9. The Morgan fingerprint density at radius 3 is 2.36 bits per heavy atom. The quantitative estimate of drug-likeness (QED) is 0.660. The second kappa shape index (κ2) is 6.39. The number of carbonyl (C=O) groups excluding carboxylic acids is 1. The molecule has 0 spiro atoms. The third-order valence-corrected chi connectivity index (χ3v) is 1.77. The van der Waals surface area contributed by atoms with Crippen molar-refractivity contribution in [1.82, 2.24) is 4.90 Å². The van der Waals surface area contributed by atoms with Gasteiger partial charge >= 0.3 is 5.97 Å². The van der Waals surface area contributed by atoms with Crippen LogP contribution in [0.2, 0.25) is 0 Å². The molecule has 0 aromatic heterocycles. The van der Waals surface area contributed by atoms with Crippen LogP contribution in [0.5, 0.6) is 0 Å². The van der Waals surface area contributed by atoms with Crippen molar-refractivity contribution in [2.75, 3.05) is 19.6 Å². The Kier molecular flexibility index (Phi) is 5.91. The zero-order valence-electron chi connectivity index (χ0n) is 7.86. The van der Waals surface area contributed by atoms with Gasteiger partial charge in [-0.25, -0.2) is 0 Å². The highest BCUT2D eigenvalue weighted by Gasteiger charge is 2.12. The highest BCUT2D eigenvalue weighted by molar-refractivity contribution is 6.25. The zero-order chi connectivity index (χ0) is 11.1. The molecule has 0 aliphatic heterocycles. The molecule has 0 fully saturated rings. The Bertz CT molecular complexity index is 237. The van der Waals surface area contributed by atoms with E-state index >= 15 is 0 Å². The van der Waals surface area contributed by atoms with Gasteiger partial charge < -0.3 is 10.8 Å². The summed E-state index contributed by atoms with van der Waals surface area (Å²) < 4.78 is 0. The molecular weight excluding hydrogens is 208 g/mol. The van der Waals surface area contributed by atoms with Gasteiger partial charge in [-0.2, -0.15) is 0 Å². The fraction of sp³-hybridized carbons (Fsp3) is 0.500. The number of carboxylic acid groups (broad SMARTS) is 1. The molecule has 0 aromatic rings. The predicted octanol–water partition coefficient (Wildman–Crippen LogP) is 0.000900. The number of rotatable bonds is 6.